The molecular weight excluding hydrogens is 328 g/mol. The number of carbonyl (C=O) groups is 1. The van der Waals surface area contributed by atoms with E-state index in [4.69, 9.17) is 4.74 Å². The van der Waals surface area contributed by atoms with E-state index in [1.165, 1.54) is 12.4 Å². The second-order valence-electron chi connectivity index (χ2n) is 5.72. The molecule has 0 saturated heterocycles. The molecule has 4 aromatic rings. The van der Waals surface area contributed by atoms with Gasteiger partial charge in [0.25, 0.3) is 0 Å². The van der Waals surface area contributed by atoms with E-state index in [1.54, 1.807) is 0 Å². The van der Waals surface area contributed by atoms with Gasteiger partial charge in [0.2, 0.25) is 5.91 Å². The van der Waals surface area contributed by atoms with Crippen molar-refractivity contribution >= 4 is 22.5 Å². The van der Waals surface area contributed by atoms with E-state index in [2.05, 4.69) is 15.3 Å². The molecule has 2 aromatic carbocycles. The third-order valence-corrected chi connectivity index (χ3v) is 3.86. The Labute approximate surface area is 150 Å². The zero-order chi connectivity index (χ0) is 17.8. The first-order chi connectivity index (χ1) is 12.8. The Balaban J connectivity index is 1.40. The predicted octanol–water partition coefficient (Wildman–Crippen LogP) is 3.86. The number of rotatable bonds is 5. The molecule has 0 unspecified atom stereocenters. The number of anilines is 1. The van der Waals surface area contributed by atoms with Gasteiger partial charge < -0.3 is 14.6 Å². The maximum absolute atomic E-state index is 12.3. The number of hydrogen-bond donors (Lipinski definition) is 1. The van der Waals surface area contributed by atoms with Crippen LogP contribution in [-0.4, -0.2) is 20.4 Å². The summed E-state index contributed by atoms with van der Waals surface area (Å²) in [5.41, 5.74) is 1.54. The number of amides is 1. The average molecular weight is 344 g/mol. The second-order valence-corrected chi connectivity index (χ2v) is 5.72. The van der Waals surface area contributed by atoms with Crippen molar-refractivity contribution in [3.63, 3.8) is 0 Å². The van der Waals surface area contributed by atoms with E-state index in [9.17, 15) is 4.79 Å². The summed E-state index contributed by atoms with van der Waals surface area (Å²) in [4.78, 5) is 20.5. The molecule has 0 aliphatic heterocycles. The molecule has 128 valence electrons. The third kappa shape index (κ3) is 3.54. The van der Waals surface area contributed by atoms with E-state index < -0.39 is 0 Å². The summed E-state index contributed by atoms with van der Waals surface area (Å²) in [6, 6.07) is 19.4. The van der Waals surface area contributed by atoms with Gasteiger partial charge in [-0.1, -0.05) is 36.4 Å². The van der Waals surface area contributed by atoms with Crippen LogP contribution in [0.25, 0.3) is 10.9 Å². The fourth-order valence-electron chi connectivity index (χ4n) is 2.66. The summed E-state index contributed by atoms with van der Waals surface area (Å²) in [6.07, 6.45) is 4.95. The molecule has 6 nitrogen and oxygen atoms in total. The third-order valence-electron chi connectivity index (χ3n) is 3.86. The number of benzene rings is 2. The highest BCUT2D eigenvalue weighted by molar-refractivity contribution is 5.91. The Hall–Kier alpha value is -3.67. The van der Waals surface area contributed by atoms with Crippen LogP contribution in [0.15, 0.2) is 79.3 Å². The standard InChI is InChI=1S/C20H16N4O2/c25-19(14-24-11-10-15-6-4-5-9-18(15)24)23-16-12-21-20(22-13-16)26-17-7-2-1-3-8-17/h1-13H,14H2,(H,23,25). The summed E-state index contributed by atoms with van der Waals surface area (Å²) < 4.78 is 7.43. The maximum atomic E-state index is 12.3. The van der Waals surface area contributed by atoms with Gasteiger partial charge in [-0.2, -0.15) is 0 Å². The van der Waals surface area contributed by atoms with Crippen LogP contribution in [0.2, 0.25) is 0 Å². The number of nitrogens with one attached hydrogen (secondary N) is 1. The van der Waals surface area contributed by atoms with Crippen LogP contribution in [0.3, 0.4) is 0 Å². The molecule has 0 radical (unpaired) electrons. The van der Waals surface area contributed by atoms with Crippen molar-refractivity contribution in [2.45, 2.75) is 6.54 Å². The summed E-state index contributed by atoms with van der Waals surface area (Å²) in [5, 5.41) is 3.90. The van der Waals surface area contributed by atoms with E-state index in [-0.39, 0.29) is 18.5 Å². The lowest BCUT2D eigenvalue weighted by atomic mass is 10.2. The smallest absolute Gasteiger partial charge is 0.322 e. The molecule has 2 heterocycles. The van der Waals surface area contributed by atoms with Crippen LogP contribution in [0.1, 0.15) is 0 Å². The highest BCUT2D eigenvalue weighted by Gasteiger charge is 2.08. The Morgan fingerprint density at radius 3 is 2.50 bits per heavy atom. The second kappa shape index (κ2) is 7.06. The molecule has 2 aromatic heterocycles. The Morgan fingerprint density at radius 2 is 1.69 bits per heavy atom. The molecule has 0 bridgehead atoms. The monoisotopic (exact) mass is 344 g/mol. The largest absolute Gasteiger partial charge is 0.424 e. The molecule has 0 fully saturated rings. The predicted molar refractivity (Wildman–Crippen MR) is 99.1 cm³/mol. The van der Waals surface area contributed by atoms with Crippen molar-refractivity contribution in [2.24, 2.45) is 0 Å². The zero-order valence-electron chi connectivity index (χ0n) is 13.9. The quantitative estimate of drug-likeness (QED) is 0.597. The van der Waals surface area contributed by atoms with E-state index in [0.717, 1.165) is 10.9 Å². The minimum atomic E-state index is -0.147. The molecular formula is C20H16N4O2. The lowest BCUT2D eigenvalue weighted by Crippen LogP contribution is -2.18. The Kier molecular flexibility index (Phi) is 4.30. The highest BCUT2D eigenvalue weighted by atomic mass is 16.5. The van der Waals surface area contributed by atoms with Gasteiger partial charge >= 0.3 is 6.01 Å². The normalized spacial score (nSPS) is 10.6. The molecule has 1 N–H and O–H groups in total. The van der Waals surface area contributed by atoms with Crippen molar-refractivity contribution in [2.75, 3.05) is 5.32 Å². The number of aromatic nitrogens is 3. The molecule has 1 amide bonds. The van der Waals surface area contributed by atoms with Gasteiger partial charge in [-0.3, -0.25) is 4.79 Å². The number of fused-ring (bicyclic) bond motifs is 1. The van der Waals surface area contributed by atoms with Crippen LogP contribution < -0.4 is 10.1 Å². The first-order valence-corrected chi connectivity index (χ1v) is 8.16. The number of para-hydroxylation sites is 2. The highest BCUT2D eigenvalue weighted by Crippen LogP contribution is 2.18. The van der Waals surface area contributed by atoms with Gasteiger partial charge in [0.1, 0.15) is 12.3 Å². The van der Waals surface area contributed by atoms with Gasteiger partial charge in [-0.25, -0.2) is 9.97 Å². The number of hydrogen-bond acceptors (Lipinski definition) is 4. The first kappa shape index (κ1) is 15.8. The fraction of sp³-hybridized carbons (Fsp3) is 0.0500. The Morgan fingerprint density at radius 1 is 0.962 bits per heavy atom. The molecule has 0 spiro atoms. The molecule has 0 atom stereocenters. The number of carbonyl (C=O) groups excluding carboxylic acids is 1. The fourth-order valence-corrected chi connectivity index (χ4v) is 2.66. The zero-order valence-corrected chi connectivity index (χ0v) is 13.9. The topological polar surface area (TPSA) is 69.0 Å². The lowest BCUT2D eigenvalue weighted by Gasteiger charge is -2.08. The summed E-state index contributed by atoms with van der Waals surface area (Å²) in [7, 11) is 0. The summed E-state index contributed by atoms with van der Waals surface area (Å²) >= 11 is 0. The van der Waals surface area contributed by atoms with Gasteiger partial charge in [0.05, 0.1) is 18.1 Å². The van der Waals surface area contributed by atoms with Crippen molar-refractivity contribution in [3.8, 4) is 11.8 Å². The van der Waals surface area contributed by atoms with Gasteiger partial charge in [-0.15, -0.1) is 0 Å². The van der Waals surface area contributed by atoms with Crippen molar-refractivity contribution in [3.05, 3.63) is 79.3 Å². The minimum Gasteiger partial charge on any atom is -0.424 e. The van der Waals surface area contributed by atoms with Gasteiger partial charge in [0.15, 0.2) is 0 Å². The molecule has 6 heteroatoms. The summed E-state index contributed by atoms with van der Waals surface area (Å²) in [6.45, 7) is 0.218. The maximum Gasteiger partial charge on any atom is 0.322 e. The van der Waals surface area contributed by atoms with E-state index >= 15 is 0 Å². The van der Waals surface area contributed by atoms with Gasteiger partial charge in [0, 0.05) is 11.7 Å². The van der Waals surface area contributed by atoms with Crippen LogP contribution in [-0.2, 0) is 11.3 Å². The molecule has 0 saturated carbocycles. The van der Waals surface area contributed by atoms with Crippen molar-refractivity contribution in [1.29, 1.82) is 0 Å². The molecule has 0 aliphatic carbocycles. The van der Waals surface area contributed by atoms with Crippen LogP contribution in [0.5, 0.6) is 11.8 Å². The lowest BCUT2D eigenvalue weighted by molar-refractivity contribution is -0.116. The van der Waals surface area contributed by atoms with Crippen LogP contribution in [0.4, 0.5) is 5.69 Å². The molecule has 26 heavy (non-hydrogen) atoms. The molecule has 0 aliphatic rings. The average Bonchev–Trinajstić information content (AvgIpc) is 3.07. The van der Waals surface area contributed by atoms with Crippen LogP contribution >= 0.6 is 0 Å². The SMILES string of the molecule is O=C(Cn1ccc2ccccc21)Nc1cnc(Oc2ccccc2)nc1. The minimum absolute atomic E-state index is 0.147. The Bertz CT molecular complexity index is 1030. The van der Waals surface area contributed by atoms with Crippen molar-refractivity contribution in [1.82, 2.24) is 14.5 Å². The van der Waals surface area contributed by atoms with Gasteiger partial charge in [-0.05, 0) is 29.7 Å². The summed E-state index contributed by atoms with van der Waals surface area (Å²) in [5.74, 6) is 0.510. The van der Waals surface area contributed by atoms with E-state index in [1.807, 2.05) is 71.4 Å². The van der Waals surface area contributed by atoms with Crippen LogP contribution in [0, 0.1) is 0 Å². The van der Waals surface area contributed by atoms with Crippen molar-refractivity contribution < 1.29 is 9.53 Å². The number of ether oxygens (including phenoxy) is 1. The van der Waals surface area contributed by atoms with E-state index in [0.29, 0.717) is 11.4 Å². The number of nitrogens with zero attached hydrogens (tertiary/aromatic N) is 3. The first-order valence-electron chi connectivity index (χ1n) is 8.16. The molecule has 4 rings (SSSR count).